The Balaban J connectivity index is 3.50. The van der Waals surface area contributed by atoms with E-state index >= 15 is 0 Å². The minimum atomic E-state index is -0.0235. The maximum atomic E-state index is 11.9. The summed E-state index contributed by atoms with van der Waals surface area (Å²) in [6, 6.07) is 0. The van der Waals surface area contributed by atoms with E-state index in [0.29, 0.717) is 19.4 Å². The largest absolute Gasteiger partial charge is 0.466 e. The van der Waals surface area contributed by atoms with Crippen molar-refractivity contribution in [2.24, 2.45) is 0 Å². The third-order valence-electron chi connectivity index (χ3n) is 7.38. The predicted molar refractivity (Wildman–Crippen MR) is 157 cm³/mol. The molecule has 0 aliphatic rings. The fourth-order valence-corrected chi connectivity index (χ4v) is 4.72. The highest BCUT2D eigenvalue weighted by Crippen LogP contribution is 2.12. The van der Waals surface area contributed by atoms with Gasteiger partial charge in [0.1, 0.15) is 6.10 Å². The molecule has 220 valence electrons. The molecule has 5 nitrogen and oxygen atoms in total. The fourth-order valence-electron chi connectivity index (χ4n) is 4.72. The first-order valence-corrected chi connectivity index (χ1v) is 16.1. The number of hydrogen-bond donors (Lipinski definition) is 0. The minimum absolute atomic E-state index is 0.00954. The summed E-state index contributed by atoms with van der Waals surface area (Å²) >= 11 is 0. The molecule has 0 aromatic heterocycles. The maximum absolute atomic E-state index is 11.9. The van der Waals surface area contributed by atoms with E-state index in [0.717, 1.165) is 51.5 Å². The highest BCUT2D eigenvalue weighted by atomic mass is 16.5. The number of esters is 2. The molecule has 5 heteroatoms. The normalized spacial score (nSPS) is 11.4. The van der Waals surface area contributed by atoms with Crippen molar-refractivity contribution in [1.82, 2.24) is 4.90 Å². The van der Waals surface area contributed by atoms with Crippen LogP contribution < -0.4 is 0 Å². The van der Waals surface area contributed by atoms with Gasteiger partial charge in [-0.05, 0) is 64.6 Å². The van der Waals surface area contributed by atoms with Gasteiger partial charge in [0.25, 0.3) is 0 Å². The van der Waals surface area contributed by atoms with E-state index < -0.39 is 0 Å². The van der Waals surface area contributed by atoms with E-state index in [1.54, 1.807) is 0 Å². The molecule has 0 aromatic rings. The predicted octanol–water partition coefficient (Wildman–Crippen LogP) is 9.02. The third-order valence-corrected chi connectivity index (χ3v) is 7.38. The summed E-state index contributed by atoms with van der Waals surface area (Å²) in [7, 11) is 0. The SMILES string of the molecule is CCCCCCCCCOC(=O)CCCCCCCN(CC)CCCCCCCC(=O)OC(CC)CC. The standard InChI is InChI=1S/C32H63NO4/c1-5-9-10-11-12-19-24-29-36-31(34)25-20-15-13-17-22-27-33(8-4)28-23-18-14-16-21-26-32(35)37-30(6-2)7-3/h30H,5-29H2,1-4H3. The minimum Gasteiger partial charge on any atom is -0.466 e. The van der Waals surface area contributed by atoms with Crippen LogP contribution in [0.4, 0.5) is 0 Å². The van der Waals surface area contributed by atoms with E-state index in [-0.39, 0.29) is 18.0 Å². The zero-order valence-corrected chi connectivity index (χ0v) is 25.3. The van der Waals surface area contributed by atoms with Gasteiger partial charge in [-0.2, -0.15) is 0 Å². The van der Waals surface area contributed by atoms with Crippen molar-refractivity contribution in [3.05, 3.63) is 0 Å². The van der Waals surface area contributed by atoms with Crippen molar-refractivity contribution < 1.29 is 19.1 Å². The summed E-state index contributed by atoms with van der Waals surface area (Å²) in [6.45, 7) is 12.7. The van der Waals surface area contributed by atoms with Crippen molar-refractivity contribution >= 4 is 11.9 Å². The van der Waals surface area contributed by atoms with E-state index in [2.05, 4.69) is 32.6 Å². The van der Waals surface area contributed by atoms with Crippen molar-refractivity contribution in [1.29, 1.82) is 0 Å². The molecule has 0 atom stereocenters. The molecule has 0 spiro atoms. The van der Waals surface area contributed by atoms with Gasteiger partial charge in [-0.25, -0.2) is 0 Å². The van der Waals surface area contributed by atoms with Gasteiger partial charge in [-0.15, -0.1) is 0 Å². The molecule has 0 rings (SSSR count). The van der Waals surface area contributed by atoms with Gasteiger partial charge >= 0.3 is 11.9 Å². The van der Waals surface area contributed by atoms with Crippen LogP contribution in [0.25, 0.3) is 0 Å². The molecule has 0 saturated heterocycles. The molecule has 0 aliphatic heterocycles. The quantitative estimate of drug-likeness (QED) is 0.0753. The molecule has 0 bridgehead atoms. The average Bonchev–Trinajstić information content (AvgIpc) is 2.90. The molecule has 0 N–H and O–H groups in total. The zero-order chi connectivity index (χ0) is 27.4. The topological polar surface area (TPSA) is 55.8 Å². The van der Waals surface area contributed by atoms with E-state index in [4.69, 9.17) is 9.47 Å². The van der Waals surface area contributed by atoms with E-state index in [9.17, 15) is 9.59 Å². The number of ether oxygens (including phenoxy) is 2. The molecule has 0 unspecified atom stereocenters. The summed E-state index contributed by atoms with van der Waals surface area (Å²) in [5.74, 6) is -0.0331. The van der Waals surface area contributed by atoms with Crippen molar-refractivity contribution in [3.63, 3.8) is 0 Å². The fraction of sp³-hybridized carbons (Fsp3) is 0.938. The van der Waals surface area contributed by atoms with Gasteiger partial charge in [0.2, 0.25) is 0 Å². The van der Waals surface area contributed by atoms with Gasteiger partial charge in [0.15, 0.2) is 0 Å². The average molecular weight is 526 g/mol. The summed E-state index contributed by atoms with van der Waals surface area (Å²) in [6.07, 6.45) is 23.4. The van der Waals surface area contributed by atoms with Crippen LogP contribution in [0.2, 0.25) is 0 Å². The lowest BCUT2D eigenvalue weighted by Crippen LogP contribution is -2.25. The highest BCUT2D eigenvalue weighted by Gasteiger charge is 2.10. The van der Waals surface area contributed by atoms with Crippen molar-refractivity contribution in [2.45, 2.75) is 169 Å². The number of hydrogen-bond acceptors (Lipinski definition) is 5. The Morgan fingerprint density at radius 2 is 1.03 bits per heavy atom. The molecule has 0 aromatic carbocycles. The number of unbranched alkanes of at least 4 members (excludes halogenated alkanes) is 14. The van der Waals surface area contributed by atoms with Crippen LogP contribution >= 0.6 is 0 Å². The second-order valence-corrected chi connectivity index (χ2v) is 10.7. The van der Waals surface area contributed by atoms with Crippen LogP contribution in [0, 0.1) is 0 Å². The van der Waals surface area contributed by atoms with Crippen molar-refractivity contribution in [2.75, 3.05) is 26.2 Å². The summed E-state index contributed by atoms with van der Waals surface area (Å²) in [5, 5.41) is 0. The molecular weight excluding hydrogens is 462 g/mol. The Hall–Kier alpha value is -1.10. The molecule has 0 amide bonds. The summed E-state index contributed by atoms with van der Waals surface area (Å²) < 4.78 is 10.8. The monoisotopic (exact) mass is 525 g/mol. The summed E-state index contributed by atoms with van der Waals surface area (Å²) in [4.78, 5) is 26.3. The Labute approximate surface area is 230 Å². The Bertz CT molecular complexity index is 507. The molecule has 0 aliphatic carbocycles. The Morgan fingerprint density at radius 1 is 0.568 bits per heavy atom. The summed E-state index contributed by atoms with van der Waals surface area (Å²) in [5.41, 5.74) is 0. The van der Waals surface area contributed by atoms with Crippen molar-refractivity contribution in [3.8, 4) is 0 Å². The molecule has 0 heterocycles. The lowest BCUT2D eigenvalue weighted by molar-refractivity contribution is -0.149. The molecular formula is C32H63NO4. The first kappa shape index (κ1) is 35.9. The second kappa shape index (κ2) is 27.9. The lowest BCUT2D eigenvalue weighted by atomic mass is 10.1. The number of carbonyl (C=O) groups is 2. The smallest absolute Gasteiger partial charge is 0.306 e. The van der Waals surface area contributed by atoms with Crippen LogP contribution in [0.5, 0.6) is 0 Å². The van der Waals surface area contributed by atoms with Gasteiger partial charge in [0, 0.05) is 12.8 Å². The number of nitrogens with zero attached hydrogens (tertiary/aromatic N) is 1. The zero-order valence-electron chi connectivity index (χ0n) is 25.3. The Morgan fingerprint density at radius 3 is 1.54 bits per heavy atom. The highest BCUT2D eigenvalue weighted by molar-refractivity contribution is 5.69. The molecule has 37 heavy (non-hydrogen) atoms. The molecule has 0 fully saturated rings. The lowest BCUT2D eigenvalue weighted by Gasteiger charge is -2.20. The van der Waals surface area contributed by atoms with Gasteiger partial charge in [-0.3, -0.25) is 9.59 Å². The first-order chi connectivity index (χ1) is 18.1. The number of carbonyl (C=O) groups excluding carboxylic acids is 2. The maximum Gasteiger partial charge on any atom is 0.306 e. The second-order valence-electron chi connectivity index (χ2n) is 10.7. The van der Waals surface area contributed by atoms with E-state index in [1.165, 1.54) is 90.1 Å². The molecule has 0 radical (unpaired) electrons. The molecule has 0 saturated carbocycles. The van der Waals surface area contributed by atoms with Crippen LogP contribution in [-0.2, 0) is 19.1 Å². The van der Waals surface area contributed by atoms with E-state index in [1.807, 2.05) is 0 Å². The first-order valence-electron chi connectivity index (χ1n) is 16.1. The third kappa shape index (κ3) is 25.0. The van der Waals surface area contributed by atoms with Crippen LogP contribution in [-0.4, -0.2) is 49.2 Å². The van der Waals surface area contributed by atoms with Crippen LogP contribution in [0.3, 0.4) is 0 Å². The Kier molecular flexibility index (Phi) is 27.1. The van der Waals surface area contributed by atoms with Crippen LogP contribution in [0.15, 0.2) is 0 Å². The van der Waals surface area contributed by atoms with Crippen LogP contribution in [0.1, 0.15) is 163 Å². The van der Waals surface area contributed by atoms with Gasteiger partial charge < -0.3 is 14.4 Å². The van der Waals surface area contributed by atoms with Gasteiger partial charge in [-0.1, -0.05) is 105 Å². The van der Waals surface area contributed by atoms with Gasteiger partial charge in [0.05, 0.1) is 6.61 Å². The number of rotatable bonds is 28.